The molecule has 2 unspecified atom stereocenters. The molecule has 0 saturated heterocycles. The van der Waals surface area contributed by atoms with Crippen LogP contribution < -0.4 is 15.4 Å². The Morgan fingerprint density at radius 3 is 2.78 bits per heavy atom. The smallest absolute Gasteiger partial charge is 0.191 e. The second kappa shape index (κ2) is 9.36. The fraction of sp³-hybridized carbons (Fsp3) is 0.474. The molecule has 148 valence electrons. The summed E-state index contributed by atoms with van der Waals surface area (Å²) in [5, 5.41) is 21.0. The van der Waals surface area contributed by atoms with E-state index in [1.807, 2.05) is 13.8 Å². The summed E-state index contributed by atoms with van der Waals surface area (Å²) in [5.74, 6) is 0.372. The molecule has 1 heterocycles. The molecule has 3 N–H and O–H groups in total. The third-order valence-electron chi connectivity index (χ3n) is 3.94. The molecule has 0 amide bonds. The zero-order valence-electron chi connectivity index (χ0n) is 16.2. The quantitative estimate of drug-likeness (QED) is 0.483. The lowest BCUT2D eigenvalue weighted by atomic mass is 10.0. The van der Waals surface area contributed by atoms with Crippen molar-refractivity contribution >= 4 is 5.96 Å². The number of hydrogen-bond acceptors (Lipinski definition) is 4. The fourth-order valence-electron chi connectivity index (χ4n) is 2.40. The summed E-state index contributed by atoms with van der Waals surface area (Å²) in [5.41, 5.74) is -0.438. The van der Waals surface area contributed by atoms with Crippen LogP contribution >= 0.6 is 0 Å². The van der Waals surface area contributed by atoms with Gasteiger partial charge in [0.15, 0.2) is 17.5 Å². The molecule has 7 nitrogen and oxygen atoms in total. The number of aryl methyl sites for hydroxylation is 1. The first kappa shape index (κ1) is 20.7. The van der Waals surface area contributed by atoms with Crippen molar-refractivity contribution in [3.8, 4) is 5.75 Å². The Bertz CT molecular complexity index is 760. The molecule has 1 aromatic heterocycles. The Hall–Kier alpha value is -2.61. The Balaban J connectivity index is 1.94. The van der Waals surface area contributed by atoms with Crippen molar-refractivity contribution < 1.29 is 14.2 Å². The summed E-state index contributed by atoms with van der Waals surface area (Å²) >= 11 is 0. The van der Waals surface area contributed by atoms with Gasteiger partial charge < -0.3 is 20.5 Å². The van der Waals surface area contributed by atoms with Gasteiger partial charge in [0.25, 0.3) is 0 Å². The maximum atomic E-state index is 13.7. The van der Waals surface area contributed by atoms with Crippen molar-refractivity contribution in [1.82, 2.24) is 20.4 Å². The molecular formula is C19H28FN5O2. The zero-order valence-corrected chi connectivity index (χ0v) is 16.2. The van der Waals surface area contributed by atoms with Gasteiger partial charge in [0.05, 0.1) is 19.3 Å². The van der Waals surface area contributed by atoms with E-state index in [0.29, 0.717) is 24.6 Å². The van der Waals surface area contributed by atoms with Gasteiger partial charge in [0.1, 0.15) is 11.7 Å². The molecule has 1 aromatic carbocycles. The monoisotopic (exact) mass is 377 g/mol. The fourth-order valence-corrected chi connectivity index (χ4v) is 2.40. The summed E-state index contributed by atoms with van der Waals surface area (Å²) in [4.78, 5) is 4.45. The lowest BCUT2D eigenvalue weighted by Gasteiger charge is -2.21. The van der Waals surface area contributed by atoms with E-state index < -0.39 is 11.4 Å². The van der Waals surface area contributed by atoms with E-state index in [1.54, 1.807) is 49.2 Å². The van der Waals surface area contributed by atoms with E-state index >= 15 is 0 Å². The van der Waals surface area contributed by atoms with Gasteiger partial charge in [-0.2, -0.15) is 5.10 Å². The van der Waals surface area contributed by atoms with Crippen LogP contribution in [-0.4, -0.2) is 46.6 Å². The molecule has 8 heteroatoms. The highest BCUT2D eigenvalue weighted by molar-refractivity contribution is 5.79. The SMILES string of the molecule is CCNC(=NCC(C)(O)c1cnn(C)c1)NCC(C)Oc1ccccc1F. The first-order valence-electron chi connectivity index (χ1n) is 8.96. The van der Waals surface area contributed by atoms with Crippen LogP contribution in [0, 0.1) is 5.82 Å². The number of hydrogen-bond donors (Lipinski definition) is 3. The maximum Gasteiger partial charge on any atom is 0.191 e. The van der Waals surface area contributed by atoms with Gasteiger partial charge in [-0.1, -0.05) is 12.1 Å². The van der Waals surface area contributed by atoms with Crippen LogP contribution in [-0.2, 0) is 12.6 Å². The minimum absolute atomic E-state index is 0.163. The van der Waals surface area contributed by atoms with E-state index in [9.17, 15) is 9.50 Å². The number of aromatic nitrogens is 2. The van der Waals surface area contributed by atoms with E-state index in [-0.39, 0.29) is 18.4 Å². The number of nitrogens with zero attached hydrogens (tertiary/aromatic N) is 3. The number of aliphatic hydroxyl groups is 1. The summed E-state index contributed by atoms with van der Waals surface area (Å²) in [7, 11) is 1.80. The van der Waals surface area contributed by atoms with Gasteiger partial charge in [-0.25, -0.2) is 9.38 Å². The van der Waals surface area contributed by atoms with E-state index in [2.05, 4.69) is 20.7 Å². The number of halogens is 1. The highest BCUT2D eigenvalue weighted by Crippen LogP contribution is 2.20. The van der Waals surface area contributed by atoms with Crippen molar-refractivity contribution in [2.45, 2.75) is 32.5 Å². The van der Waals surface area contributed by atoms with Crippen molar-refractivity contribution in [3.63, 3.8) is 0 Å². The molecule has 0 aliphatic carbocycles. The Morgan fingerprint density at radius 1 is 1.41 bits per heavy atom. The molecule has 2 atom stereocenters. The summed E-state index contributed by atoms with van der Waals surface area (Å²) in [6, 6.07) is 6.30. The van der Waals surface area contributed by atoms with E-state index in [4.69, 9.17) is 4.74 Å². The molecule has 0 fully saturated rings. The van der Waals surface area contributed by atoms with E-state index in [0.717, 1.165) is 0 Å². The average Bonchev–Trinajstić information content (AvgIpc) is 3.07. The van der Waals surface area contributed by atoms with Crippen molar-refractivity contribution in [2.75, 3.05) is 19.6 Å². The number of nitrogens with one attached hydrogen (secondary N) is 2. The molecular weight excluding hydrogens is 349 g/mol. The molecule has 0 spiro atoms. The average molecular weight is 377 g/mol. The van der Waals surface area contributed by atoms with Crippen LogP contribution in [0.3, 0.4) is 0 Å². The van der Waals surface area contributed by atoms with Crippen LogP contribution in [0.15, 0.2) is 41.7 Å². The van der Waals surface area contributed by atoms with Crippen molar-refractivity contribution in [3.05, 3.63) is 48.0 Å². The predicted molar refractivity (Wildman–Crippen MR) is 103 cm³/mol. The first-order valence-corrected chi connectivity index (χ1v) is 8.96. The lowest BCUT2D eigenvalue weighted by molar-refractivity contribution is 0.0671. The molecule has 0 radical (unpaired) electrons. The molecule has 2 rings (SSSR count). The maximum absolute atomic E-state index is 13.7. The van der Waals surface area contributed by atoms with Crippen LogP contribution in [0.5, 0.6) is 5.75 Å². The predicted octanol–water partition coefficient (Wildman–Crippen LogP) is 1.79. The van der Waals surface area contributed by atoms with E-state index in [1.165, 1.54) is 6.07 Å². The number of para-hydroxylation sites is 1. The first-order chi connectivity index (χ1) is 12.8. The molecule has 0 aliphatic rings. The largest absolute Gasteiger partial charge is 0.486 e. The van der Waals surface area contributed by atoms with Crippen LogP contribution in [0.2, 0.25) is 0 Å². The highest BCUT2D eigenvalue weighted by atomic mass is 19.1. The second-order valence-electron chi connectivity index (χ2n) is 6.61. The molecule has 0 saturated carbocycles. The second-order valence-corrected chi connectivity index (χ2v) is 6.61. The standard InChI is InChI=1S/C19H28FN5O2/c1-5-21-18(23-13-19(3,26)15-11-24-25(4)12-15)22-10-14(2)27-17-9-7-6-8-16(17)20/h6-9,11-12,14,26H,5,10,13H2,1-4H3,(H2,21,22,23). The summed E-state index contributed by atoms with van der Waals surface area (Å²) < 4.78 is 20.9. The molecule has 0 aliphatic heterocycles. The van der Waals surface area contributed by atoms with Crippen molar-refractivity contribution in [2.24, 2.45) is 12.0 Å². The topological polar surface area (TPSA) is 83.7 Å². The van der Waals surface area contributed by atoms with Crippen LogP contribution in [0.1, 0.15) is 26.3 Å². The van der Waals surface area contributed by atoms with Gasteiger partial charge in [0.2, 0.25) is 0 Å². The molecule has 2 aromatic rings. The van der Waals surface area contributed by atoms with Gasteiger partial charge in [-0.05, 0) is 32.9 Å². The normalized spacial score (nSPS) is 15.1. The Labute approximate surface area is 159 Å². The number of rotatable bonds is 8. The lowest BCUT2D eigenvalue weighted by Crippen LogP contribution is -2.42. The van der Waals surface area contributed by atoms with Crippen molar-refractivity contribution in [1.29, 1.82) is 0 Å². The number of aliphatic imine (C=N–C) groups is 1. The van der Waals surface area contributed by atoms with Gasteiger partial charge in [-0.3, -0.25) is 4.68 Å². The molecule has 0 bridgehead atoms. The number of benzene rings is 1. The van der Waals surface area contributed by atoms with Crippen LogP contribution in [0.4, 0.5) is 4.39 Å². The Kier molecular flexibility index (Phi) is 7.18. The third-order valence-corrected chi connectivity index (χ3v) is 3.94. The number of guanidine groups is 1. The third kappa shape index (κ3) is 6.25. The zero-order chi connectivity index (χ0) is 19.9. The summed E-state index contributed by atoms with van der Waals surface area (Å²) in [6.07, 6.45) is 3.12. The number of ether oxygens (including phenoxy) is 1. The van der Waals surface area contributed by atoms with Gasteiger partial charge >= 0.3 is 0 Å². The van der Waals surface area contributed by atoms with Gasteiger partial charge in [-0.15, -0.1) is 0 Å². The summed E-state index contributed by atoms with van der Waals surface area (Å²) in [6.45, 7) is 6.75. The minimum atomic E-state index is -1.13. The van der Waals surface area contributed by atoms with Crippen LogP contribution in [0.25, 0.3) is 0 Å². The van der Waals surface area contributed by atoms with Gasteiger partial charge in [0, 0.05) is 25.4 Å². The Morgan fingerprint density at radius 2 is 2.15 bits per heavy atom. The molecule has 27 heavy (non-hydrogen) atoms. The minimum Gasteiger partial charge on any atom is -0.486 e. The highest BCUT2D eigenvalue weighted by Gasteiger charge is 2.24.